The summed E-state index contributed by atoms with van der Waals surface area (Å²) < 4.78 is 7.51. The van der Waals surface area contributed by atoms with Gasteiger partial charge in [0.05, 0.1) is 18.6 Å². The van der Waals surface area contributed by atoms with Gasteiger partial charge in [0.1, 0.15) is 5.54 Å². The van der Waals surface area contributed by atoms with E-state index in [1.807, 2.05) is 48.5 Å². The SMILES string of the molecule is COC(=O)[C@]12CC[C@](c3ccccc3)(N1)c1c(n(Cc3ccccc3)c3ccccc13)[C@@H]2C[N+](=O)[O-]. The van der Waals surface area contributed by atoms with Crippen LogP contribution in [0, 0.1) is 10.1 Å². The first-order chi connectivity index (χ1) is 17.5. The largest absolute Gasteiger partial charge is 0.468 e. The lowest BCUT2D eigenvalue weighted by Gasteiger charge is -2.44. The molecule has 2 aliphatic rings. The van der Waals surface area contributed by atoms with Crippen LogP contribution < -0.4 is 5.32 Å². The van der Waals surface area contributed by atoms with E-state index in [0.717, 1.165) is 33.3 Å². The minimum Gasteiger partial charge on any atom is -0.468 e. The Bertz CT molecular complexity index is 1470. The third-order valence-corrected chi connectivity index (χ3v) is 8.03. The van der Waals surface area contributed by atoms with E-state index in [0.29, 0.717) is 19.4 Å². The molecule has 0 amide bonds. The zero-order valence-corrected chi connectivity index (χ0v) is 20.0. The lowest BCUT2D eigenvalue weighted by molar-refractivity contribution is -0.485. The molecule has 7 heteroatoms. The van der Waals surface area contributed by atoms with Crippen molar-refractivity contribution >= 4 is 16.9 Å². The molecule has 7 nitrogen and oxygen atoms in total. The normalized spacial score (nSPS) is 24.4. The van der Waals surface area contributed by atoms with Gasteiger partial charge in [0.25, 0.3) is 0 Å². The number of hydrogen-bond acceptors (Lipinski definition) is 5. The highest BCUT2D eigenvalue weighted by Gasteiger charge is 2.65. The Kier molecular flexibility index (Phi) is 5.19. The standard InChI is InChI=1S/C29H27N3O4/c1-36-27(33)29-17-16-28(30-29,21-12-6-3-7-13-21)25-22-14-8-9-15-24(22)31(18-20-10-4-2-5-11-20)26(25)23(29)19-32(34)35/h2-15,23,30H,16-19H2,1H3/t23-,28+,29+/m0/s1. The summed E-state index contributed by atoms with van der Waals surface area (Å²) in [5.74, 6) is -1.14. The fourth-order valence-corrected chi connectivity index (χ4v) is 6.60. The second-order valence-electron chi connectivity index (χ2n) is 9.78. The molecule has 4 aromatic rings. The van der Waals surface area contributed by atoms with Crippen LogP contribution in [0.2, 0.25) is 0 Å². The predicted molar refractivity (Wildman–Crippen MR) is 136 cm³/mol. The summed E-state index contributed by atoms with van der Waals surface area (Å²) in [6.07, 6.45) is 1.08. The Hall–Kier alpha value is -3.97. The number of nitro groups is 1. The van der Waals surface area contributed by atoms with Crippen molar-refractivity contribution in [1.82, 2.24) is 9.88 Å². The summed E-state index contributed by atoms with van der Waals surface area (Å²) >= 11 is 0. The summed E-state index contributed by atoms with van der Waals surface area (Å²) in [5.41, 5.74) is 3.15. The van der Waals surface area contributed by atoms with Crippen molar-refractivity contribution in [2.45, 2.75) is 36.4 Å². The van der Waals surface area contributed by atoms with Crippen LogP contribution in [-0.2, 0) is 21.6 Å². The highest BCUT2D eigenvalue weighted by molar-refractivity contribution is 5.92. The van der Waals surface area contributed by atoms with Crippen LogP contribution in [0.15, 0.2) is 84.9 Å². The van der Waals surface area contributed by atoms with Gasteiger partial charge in [0.15, 0.2) is 0 Å². The number of para-hydroxylation sites is 1. The number of methoxy groups -OCH3 is 1. The molecule has 1 saturated heterocycles. The van der Waals surface area contributed by atoms with Crippen molar-refractivity contribution < 1.29 is 14.5 Å². The van der Waals surface area contributed by atoms with E-state index >= 15 is 0 Å². The molecular weight excluding hydrogens is 454 g/mol. The van der Waals surface area contributed by atoms with Crippen LogP contribution in [0.3, 0.4) is 0 Å². The molecule has 0 radical (unpaired) electrons. The quantitative estimate of drug-likeness (QED) is 0.247. The van der Waals surface area contributed by atoms with Crippen molar-refractivity contribution in [3.05, 3.63) is 117 Å². The van der Waals surface area contributed by atoms with Crippen LogP contribution in [0.25, 0.3) is 10.9 Å². The Morgan fingerprint density at radius 3 is 2.39 bits per heavy atom. The summed E-state index contributed by atoms with van der Waals surface area (Å²) in [6.45, 7) is 0.179. The number of rotatable bonds is 6. The van der Waals surface area contributed by atoms with Crippen molar-refractivity contribution in [3.8, 4) is 0 Å². The van der Waals surface area contributed by atoms with E-state index in [2.05, 4.69) is 46.3 Å². The maximum absolute atomic E-state index is 13.5. The smallest absolute Gasteiger partial charge is 0.327 e. The molecule has 3 heterocycles. The van der Waals surface area contributed by atoms with E-state index in [-0.39, 0.29) is 11.5 Å². The molecule has 6 rings (SSSR count). The molecule has 2 aliphatic heterocycles. The van der Waals surface area contributed by atoms with Gasteiger partial charge >= 0.3 is 5.97 Å². The highest BCUT2D eigenvalue weighted by Crippen LogP contribution is 2.58. The first-order valence-electron chi connectivity index (χ1n) is 12.2. The van der Waals surface area contributed by atoms with Gasteiger partial charge in [0, 0.05) is 33.6 Å². The minimum atomic E-state index is -1.20. The van der Waals surface area contributed by atoms with E-state index in [9.17, 15) is 14.9 Å². The molecule has 1 aromatic heterocycles. The van der Waals surface area contributed by atoms with Crippen LogP contribution >= 0.6 is 0 Å². The lowest BCUT2D eigenvalue weighted by atomic mass is 9.73. The molecule has 36 heavy (non-hydrogen) atoms. The number of benzene rings is 3. The van der Waals surface area contributed by atoms with Crippen molar-refractivity contribution in [2.75, 3.05) is 13.7 Å². The van der Waals surface area contributed by atoms with Crippen molar-refractivity contribution in [1.29, 1.82) is 0 Å². The number of esters is 1. The molecule has 1 N–H and O–H groups in total. The Morgan fingerprint density at radius 2 is 1.69 bits per heavy atom. The van der Waals surface area contributed by atoms with E-state index in [1.165, 1.54) is 7.11 Å². The van der Waals surface area contributed by atoms with Gasteiger partial charge in [-0.3, -0.25) is 20.2 Å². The number of hydrogen-bond donors (Lipinski definition) is 1. The predicted octanol–water partition coefficient (Wildman–Crippen LogP) is 4.60. The van der Waals surface area contributed by atoms with Crippen LogP contribution in [0.5, 0.6) is 0 Å². The number of fused-ring (bicyclic) bond motifs is 6. The number of nitrogens with one attached hydrogen (secondary N) is 1. The van der Waals surface area contributed by atoms with Crippen molar-refractivity contribution in [2.24, 2.45) is 0 Å². The monoisotopic (exact) mass is 481 g/mol. The second-order valence-corrected chi connectivity index (χ2v) is 9.78. The van der Waals surface area contributed by atoms with E-state index in [4.69, 9.17) is 4.74 Å². The number of nitrogens with zero attached hydrogens (tertiary/aromatic N) is 2. The summed E-state index contributed by atoms with van der Waals surface area (Å²) in [6, 6.07) is 28.3. The maximum Gasteiger partial charge on any atom is 0.327 e. The van der Waals surface area contributed by atoms with E-state index < -0.39 is 23.0 Å². The molecule has 0 spiro atoms. The summed E-state index contributed by atoms with van der Waals surface area (Å²) in [7, 11) is 1.36. The zero-order valence-electron chi connectivity index (χ0n) is 20.0. The number of carbonyl (C=O) groups excluding carboxylic acids is 1. The van der Waals surface area contributed by atoms with Crippen LogP contribution in [0.1, 0.15) is 41.1 Å². The maximum atomic E-state index is 13.5. The van der Waals surface area contributed by atoms with Gasteiger partial charge in [0.2, 0.25) is 6.54 Å². The molecular formula is C29H27N3O4. The first-order valence-corrected chi connectivity index (χ1v) is 12.2. The summed E-state index contributed by atoms with van der Waals surface area (Å²) in [5, 5.41) is 16.8. The van der Waals surface area contributed by atoms with Crippen LogP contribution in [0.4, 0.5) is 0 Å². The molecule has 1 fully saturated rings. The number of carbonyl (C=O) groups is 1. The van der Waals surface area contributed by atoms with Crippen LogP contribution in [-0.4, -0.2) is 34.7 Å². The fraction of sp³-hybridized carbons (Fsp3) is 0.276. The Morgan fingerprint density at radius 1 is 1.03 bits per heavy atom. The van der Waals surface area contributed by atoms with Gasteiger partial charge in [-0.2, -0.15) is 0 Å². The molecule has 3 atom stereocenters. The second kappa shape index (κ2) is 8.31. The minimum absolute atomic E-state index is 0.306. The van der Waals surface area contributed by atoms with Gasteiger partial charge in [-0.15, -0.1) is 0 Å². The molecule has 0 aliphatic carbocycles. The average Bonchev–Trinajstić information content (AvgIpc) is 3.44. The molecule has 0 unspecified atom stereocenters. The topological polar surface area (TPSA) is 86.4 Å². The summed E-state index contributed by atoms with van der Waals surface area (Å²) in [4.78, 5) is 25.2. The van der Waals surface area contributed by atoms with E-state index in [1.54, 1.807) is 0 Å². The Labute approximate surface area is 208 Å². The molecule has 0 saturated carbocycles. The first kappa shape index (κ1) is 22.5. The fourth-order valence-electron chi connectivity index (χ4n) is 6.60. The van der Waals surface area contributed by atoms with Crippen molar-refractivity contribution in [3.63, 3.8) is 0 Å². The van der Waals surface area contributed by atoms with Gasteiger partial charge < -0.3 is 9.30 Å². The third-order valence-electron chi connectivity index (χ3n) is 8.03. The Balaban J connectivity index is 1.72. The number of ether oxygens (including phenoxy) is 1. The molecule has 3 aromatic carbocycles. The average molecular weight is 482 g/mol. The zero-order chi connectivity index (χ0) is 24.9. The van der Waals surface area contributed by atoms with Gasteiger partial charge in [-0.05, 0) is 30.0 Å². The third kappa shape index (κ3) is 3.12. The lowest BCUT2D eigenvalue weighted by Crippen LogP contribution is -2.62. The molecule has 2 bridgehead atoms. The highest BCUT2D eigenvalue weighted by atomic mass is 16.6. The van der Waals surface area contributed by atoms with Gasteiger partial charge in [-0.25, -0.2) is 0 Å². The van der Waals surface area contributed by atoms with Gasteiger partial charge in [-0.1, -0.05) is 78.9 Å². The molecule has 182 valence electrons. The number of aromatic nitrogens is 1.